The molecule has 1 unspecified atom stereocenters. The van der Waals surface area contributed by atoms with Gasteiger partial charge in [0.2, 0.25) is 5.91 Å². The Hall–Kier alpha value is -0.570. The number of nitrogens with zero attached hydrogens (tertiary/aromatic N) is 1. The largest absolute Gasteiger partial charge is 0.394 e. The summed E-state index contributed by atoms with van der Waals surface area (Å²) >= 11 is 0. The molecule has 0 spiro atoms. The zero-order valence-corrected chi connectivity index (χ0v) is 9.32. The molecule has 2 aliphatic rings. The van der Waals surface area contributed by atoms with Gasteiger partial charge in [-0.15, -0.1) is 0 Å². The van der Waals surface area contributed by atoms with E-state index in [-0.39, 0.29) is 18.6 Å². The van der Waals surface area contributed by atoms with Crippen LogP contribution in [0.4, 0.5) is 0 Å². The van der Waals surface area contributed by atoms with E-state index >= 15 is 0 Å². The van der Waals surface area contributed by atoms with Crippen LogP contribution in [0, 0.1) is 5.92 Å². The van der Waals surface area contributed by atoms with Crippen molar-refractivity contribution in [2.45, 2.75) is 51.0 Å². The van der Waals surface area contributed by atoms with Gasteiger partial charge < -0.3 is 10.0 Å². The van der Waals surface area contributed by atoms with Crippen LogP contribution in [0.25, 0.3) is 0 Å². The first kappa shape index (κ1) is 10.9. The highest BCUT2D eigenvalue weighted by Crippen LogP contribution is 2.28. The van der Waals surface area contributed by atoms with Crippen molar-refractivity contribution < 1.29 is 9.90 Å². The zero-order chi connectivity index (χ0) is 10.7. The molecule has 1 aliphatic heterocycles. The first-order chi connectivity index (χ1) is 7.33. The third kappa shape index (κ3) is 2.33. The van der Waals surface area contributed by atoms with Crippen LogP contribution >= 0.6 is 0 Å². The molecule has 86 valence electrons. The van der Waals surface area contributed by atoms with Crippen molar-refractivity contribution in [1.82, 2.24) is 4.90 Å². The first-order valence-electron chi connectivity index (χ1n) is 6.24. The third-order valence-corrected chi connectivity index (χ3v) is 3.83. The van der Waals surface area contributed by atoms with Gasteiger partial charge in [0, 0.05) is 12.5 Å². The van der Waals surface area contributed by atoms with Gasteiger partial charge in [0.05, 0.1) is 12.6 Å². The highest BCUT2D eigenvalue weighted by molar-refractivity contribution is 5.79. The Kier molecular flexibility index (Phi) is 3.62. The maximum Gasteiger partial charge on any atom is 0.226 e. The molecule has 2 rings (SSSR count). The van der Waals surface area contributed by atoms with Crippen molar-refractivity contribution >= 4 is 5.91 Å². The molecule has 0 aromatic heterocycles. The monoisotopic (exact) mass is 211 g/mol. The number of likely N-dealkylation sites (tertiary alicyclic amines) is 1. The molecule has 1 saturated carbocycles. The van der Waals surface area contributed by atoms with E-state index in [0.717, 1.165) is 32.2 Å². The maximum atomic E-state index is 12.2. The summed E-state index contributed by atoms with van der Waals surface area (Å²) in [5.41, 5.74) is 0. The molecule has 1 N–H and O–H groups in total. The summed E-state index contributed by atoms with van der Waals surface area (Å²) in [6, 6.07) is 0.111. The summed E-state index contributed by atoms with van der Waals surface area (Å²) in [5.74, 6) is 0.567. The first-order valence-corrected chi connectivity index (χ1v) is 6.24. The van der Waals surface area contributed by atoms with E-state index in [1.807, 2.05) is 4.90 Å². The Balaban J connectivity index is 1.93. The lowest BCUT2D eigenvalue weighted by atomic mass is 9.88. The minimum atomic E-state index is 0.111. The van der Waals surface area contributed by atoms with Gasteiger partial charge in [-0.3, -0.25) is 4.79 Å². The molecule has 0 bridgehead atoms. The van der Waals surface area contributed by atoms with Crippen molar-refractivity contribution in [3.63, 3.8) is 0 Å². The quantitative estimate of drug-likeness (QED) is 0.753. The second-order valence-corrected chi connectivity index (χ2v) is 4.85. The Morgan fingerprint density at radius 2 is 1.87 bits per heavy atom. The van der Waals surface area contributed by atoms with E-state index in [0.29, 0.717) is 5.91 Å². The number of amides is 1. The van der Waals surface area contributed by atoms with Gasteiger partial charge >= 0.3 is 0 Å². The van der Waals surface area contributed by atoms with Crippen LogP contribution < -0.4 is 0 Å². The van der Waals surface area contributed by atoms with Gasteiger partial charge in [0.1, 0.15) is 0 Å². The highest BCUT2D eigenvalue weighted by Gasteiger charge is 2.32. The summed E-state index contributed by atoms with van der Waals surface area (Å²) in [6.07, 6.45) is 7.86. The number of carbonyl (C=O) groups excluding carboxylic acids is 1. The number of aliphatic hydroxyl groups excluding tert-OH is 1. The number of aliphatic hydroxyl groups is 1. The summed E-state index contributed by atoms with van der Waals surface area (Å²) in [5, 5.41) is 9.19. The lowest BCUT2D eigenvalue weighted by molar-refractivity contribution is -0.138. The fraction of sp³-hybridized carbons (Fsp3) is 0.917. The van der Waals surface area contributed by atoms with E-state index in [1.54, 1.807) is 0 Å². The summed E-state index contributed by atoms with van der Waals surface area (Å²) in [4.78, 5) is 14.1. The van der Waals surface area contributed by atoms with Crippen molar-refractivity contribution in [1.29, 1.82) is 0 Å². The zero-order valence-electron chi connectivity index (χ0n) is 9.32. The topological polar surface area (TPSA) is 40.5 Å². The molecule has 3 nitrogen and oxygen atoms in total. The minimum Gasteiger partial charge on any atom is -0.394 e. The number of carbonyl (C=O) groups is 1. The predicted molar refractivity (Wildman–Crippen MR) is 58.4 cm³/mol. The van der Waals surface area contributed by atoms with Gasteiger partial charge in [-0.2, -0.15) is 0 Å². The Morgan fingerprint density at radius 3 is 2.53 bits per heavy atom. The van der Waals surface area contributed by atoms with E-state index in [9.17, 15) is 9.90 Å². The average Bonchev–Trinajstić information content (AvgIpc) is 2.77. The molecule has 0 radical (unpaired) electrons. The molecule has 1 aliphatic carbocycles. The standard InChI is InChI=1S/C12H21NO2/c14-9-11-7-4-8-13(11)12(15)10-5-2-1-3-6-10/h10-11,14H,1-9H2. The van der Waals surface area contributed by atoms with E-state index in [4.69, 9.17) is 0 Å². The van der Waals surface area contributed by atoms with Crippen LogP contribution in [0.15, 0.2) is 0 Å². The molecule has 1 amide bonds. The molecule has 1 atom stereocenters. The number of hydrogen-bond acceptors (Lipinski definition) is 2. The Morgan fingerprint density at radius 1 is 1.13 bits per heavy atom. The molecule has 0 aromatic carbocycles. The third-order valence-electron chi connectivity index (χ3n) is 3.83. The second kappa shape index (κ2) is 4.97. The van der Waals surface area contributed by atoms with Gasteiger partial charge in [-0.05, 0) is 25.7 Å². The van der Waals surface area contributed by atoms with Crippen LogP contribution in [0.3, 0.4) is 0 Å². The van der Waals surface area contributed by atoms with E-state index in [1.165, 1.54) is 19.3 Å². The van der Waals surface area contributed by atoms with Gasteiger partial charge in [-0.1, -0.05) is 19.3 Å². The highest BCUT2D eigenvalue weighted by atomic mass is 16.3. The Bertz CT molecular complexity index is 224. The van der Waals surface area contributed by atoms with Crippen LogP contribution in [-0.2, 0) is 4.79 Å². The smallest absolute Gasteiger partial charge is 0.226 e. The van der Waals surface area contributed by atoms with Crippen molar-refractivity contribution in [3.05, 3.63) is 0 Å². The molecule has 1 heterocycles. The van der Waals surface area contributed by atoms with Crippen LogP contribution in [-0.4, -0.2) is 35.1 Å². The molecule has 3 heteroatoms. The number of rotatable bonds is 2. The molecular weight excluding hydrogens is 190 g/mol. The number of hydrogen-bond donors (Lipinski definition) is 1. The van der Waals surface area contributed by atoms with Crippen LogP contribution in [0.5, 0.6) is 0 Å². The maximum absolute atomic E-state index is 12.2. The van der Waals surface area contributed by atoms with Gasteiger partial charge in [0.15, 0.2) is 0 Å². The van der Waals surface area contributed by atoms with Crippen molar-refractivity contribution in [2.75, 3.05) is 13.2 Å². The lowest BCUT2D eigenvalue weighted by Gasteiger charge is -2.29. The van der Waals surface area contributed by atoms with Crippen LogP contribution in [0.1, 0.15) is 44.9 Å². The summed E-state index contributed by atoms with van der Waals surface area (Å²) in [7, 11) is 0. The fourth-order valence-corrected chi connectivity index (χ4v) is 2.90. The van der Waals surface area contributed by atoms with Gasteiger partial charge in [-0.25, -0.2) is 0 Å². The van der Waals surface area contributed by atoms with E-state index in [2.05, 4.69) is 0 Å². The van der Waals surface area contributed by atoms with E-state index < -0.39 is 0 Å². The SMILES string of the molecule is O=C(C1CCCCC1)N1CCCC1CO. The second-order valence-electron chi connectivity index (χ2n) is 4.85. The normalized spacial score (nSPS) is 28.3. The van der Waals surface area contributed by atoms with Crippen LogP contribution in [0.2, 0.25) is 0 Å². The van der Waals surface area contributed by atoms with Crippen molar-refractivity contribution in [3.8, 4) is 0 Å². The predicted octanol–water partition coefficient (Wildman–Crippen LogP) is 1.55. The summed E-state index contributed by atoms with van der Waals surface area (Å²) < 4.78 is 0. The molecule has 15 heavy (non-hydrogen) atoms. The molecule has 0 aromatic rings. The van der Waals surface area contributed by atoms with Gasteiger partial charge in [0.25, 0.3) is 0 Å². The lowest BCUT2D eigenvalue weighted by Crippen LogP contribution is -2.41. The molecule has 2 fully saturated rings. The van der Waals surface area contributed by atoms with Crippen molar-refractivity contribution in [2.24, 2.45) is 5.92 Å². The average molecular weight is 211 g/mol. The minimum absolute atomic E-state index is 0.111. The molecular formula is C12H21NO2. The fourth-order valence-electron chi connectivity index (χ4n) is 2.90. The Labute approximate surface area is 91.5 Å². The molecule has 1 saturated heterocycles. The summed E-state index contributed by atoms with van der Waals surface area (Å²) in [6.45, 7) is 0.999.